The molecule has 1 aliphatic rings. The molecule has 1 aromatic carbocycles. The summed E-state index contributed by atoms with van der Waals surface area (Å²) in [6, 6.07) is 6.36. The van der Waals surface area contributed by atoms with Gasteiger partial charge in [-0.05, 0) is 38.0 Å². The Morgan fingerprint density at radius 2 is 2.00 bits per heavy atom. The number of aryl methyl sites for hydroxylation is 1. The van der Waals surface area contributed by atoms with Crippen molar-refractivity contribution in [3.8, 4) is 0 Å². The maximum Gasteiger partial charge on any atom is 0.135 e. The van der Waals surface area contributed by atoms with E-state index in [1.807, 2.05) is 0 Å². The molecule has 1 heteroatoms. The van der Waals surface area contributed by atoms with Gasteiger partial charge in [0, 0.05) is 10.6 Å². The average molecular weight is 184 g/mol. The van der Waals surface area contributed by atoms with Crippen LogP contribution in [0.2, 0.25) is 0 Å². The van der Waals surface area contributed by atoms with Crippen LogP contribution in [-0.4, -0.2) is 0 Å². The summed E-state index contributed by atoms with van der Waals surface area (Å²) in [6.07, 6.45) is 6.70. The highest BCUT2D eigenvalue weighted by molar-refractivity contribution is 5.80. The SMILES string of the molecule is Cc1ccc2oc3c(c2c1)=CCCC=3. The molecule has 3 rings (SSSR count). The van der Waals surface area contributed by atoms with Crippen LogP contribution in [0.4, 0.5) is 0 Å². The smallest absolute Gasteiger partial charge is 0.135 e. The molecule has 1 aromatic heterocycles. The molecule has 0 saturated heterocycles. The highest BCUT2D eigenvalue weighted by Crippen LogP contribution is 2.12. The van der Waals surface area contributed by atoms with E-state index in [9.17, 15) is 0 Å². The first-order chi connectivity index (χ1) is 6.84. The zero-order valence-electron chi connectivity index (χ0n) is 8.21. The van der Waals surface area contributed by atoms with E-state index in [1.165, 1.54) is 16.2 Å². The van der Waals surface area contributed by atoms with E-state index in [1.54, 1.807) is 0 Å². The van der Waals surface area contributed by atoms with E-state index < -0.39 is 0 Å². The third kappa shape index (κ3) is 1.02. The van der Waals surface area contributed by atoms with E-state index in [4.69, 9.17) is 4.42 Å². The molecule has 0 spiro atoms. The first-order valence-electron chi connectivity index (χ1n) is 5.04. The summed E-state index contributed by atoms with van der Waals surface area (Å²) in [4.78, 5) is 0. The third-order valence-electron chi connectivity index (χ3n) is 2.76. The fraction of sp³-hybridized carbons (Fsp3) is 0.231. The minimum atomic E-state index is 1.01. The summed E-state index contributed by atoms with van der Waals surface area (Å²) in [5, 5.41) is 2.55. The van der Waals surface area contributed by atoms with Crippen molar-refractivity contribution in [1.82, 2.24) is 0 Å². The average Bonchev–Trinajstić information content (AvgIpc) is 2.56. The normalized spacial score (nSPS) is 14.6. The molecule has 0 bridgehead atoms. The lowest BCUT2D eigenvalue weighted by Crippen LogP contribution is -2.22. The Kier molecular flexibility index (Phi) is 1.54. The molecule has 14 heavy (non-hydrogen) atoms. The van der Waals surface area contributed by atoms with Gasteiger partial charge in [0.2, 0.25) is 0 Å². The lowest BCUT2D eigenvalue weighted by atomic mass is 10.1. The largest absolute Gasteiger partial charge is 0.456 e. The monoisotopic (exact) mass is 184 g/mol. The Bertz CT molecular complexity index is 602. The van der Waals surface area contributed by atoms with Crippen molar-refractivity contribution < 1.29 is 4.42 Å². The number of fused-ring (bicyclic) bond motifs is 3. The van der Waals surface area contributed by atoms with Crippen LogP contribution in [0.25, 0.3) is 23.1 Å². The summed E-state index contributed by atoms with van der Waals surface area (Å²) in [5.41, 5.74) is 3.35. The molecule has 1 heterocycles. The van der Waals surface area contributed by atoms with Gasteiger partial charge in [0.05, 0.1) is 0 Å². The zero-order chi connectivity index (χ0) is 9.54. The van der Waals surface area contributed by atoms with Gasteiger partial charge in [-0.1, -0.05) is 17.7 Å². The summed E-state index contributed by atoms with van der Waals surface area (Å²) >= 11 is 0. The molecule has 1 nitrogen and oxygen atoms in total. The summed E-state index contributed by atoms with van der Waals surface area (Å²) in [5.74, 6) is 0. The van der Waals surface area contributed by atoms with Gasteiger partial charge in [0.1, 0.15) is 11.0 Å². The molecular weight excluding hydrogens is 172 g/mol. The summed E-state index contributed by atoms with van der Waals surface area (Å²) < 4.78 is 5.76. The quantitative estimate of drug-likeness (QED) is 0.611. The van der Waals surface area contributed by atoms with Crippen LogP contribution in [0.15, 0.2) is 22.6 Å². The molecule has 0 fully saturated rings. The van der Waals surface area contributed by atoms with Crippen molar-refractivity contribution in [2.24, 2.45) is 0 Å². The Hall–Kier alpha value is -1.50. The Labute approximate surface area is 82.3 Å². The van der Waals surface area contributed by atoms with E-state index in [0.717, 1.165) is 23.8 Å². The van der Waals surface area contributed by atoms with E-state index in [2.05, 4.69) is 37.3 Å². The van der Waals surface area contributed by atoms with Crippen LogP contribution in [0, 0.1) is 6.92 Å². The van der Waals surface area contributed by atoms with Gasteiger partial charge in [-0.15, -0.1) is 0 Å². The van der Waals surface area contributed by atoms with Gasteiger partial charge in [0.15, 0.2) is 0 Å². The van der Waals surface area contributed by atoms with Crippen molar-refractivity contribution in [2.45, 2.75) is 19.8 Å². The van der Waals surface area contributed by atoms with E-state index >= 15 is 0 Å². The number of hydrogen-bond donors (Lipinski definition) is 0. The maximum absolute atomic E-state index is 5.76. The van der Waals surface area contributed by atoms with Crippen LogP contribution in [0.1, 0.15) is 18.4 Å². The first-order valence-corrected chi connectivity index (χ1v) is 5.04. The van der Waals surface area contributed by atoms with Crippen LogP contribution in [-0.2, 0) is 0 Å². The number of benzene rings is 1. The minimum Gasteiger partial charge on any atom is -0.456 e. The van der Waals surface area contributed by atoms with Crippen LogP contribution >= 0.6 is 0 Å². The molecule has 0 saturated carbocycles. The van der Waals surface area contributed by atoms with Gasteiger partial charge in [-0.2, -0.15) is 0 Å². The van der Waals surface area contributed by atoms with Crippen LogP contribution in [0.5, 0.6) is 0 Å². The van der Waals surface area contributed by atoms with E-state index in [-0.39, 0.29) is 0 Å². The molecule has 0 aliphatic heterocycles. The molecule has 0 N–H and O–H groups in total. The number of furan rings is 1. The third-order valence-corrected chi connectivity index (χ3v) is 2.76. The lowest BCUT2D eigenvalue weighted by Gasteiger charge is -1.92. The Morgan fingerprint density at radius 1 is 1.14 bits per heavy atom. The number of hydrogen-bond acceptors (Lipinski definition) is 1. The standard InChI is InChI=1S/C13H12O/c1-9-6-7-13-11(8-9)10-4-2-3-5-12(10)14-13/h4-8H,2-3H2,1H3. The van der Waals surface area contributed by atoms with Gasteiger partial charge >= 0.3 is 0 Å². The van der Waals surface area contributed by atoms with Crippen LogP contribution in [0.3, 0.4) is 0 Å². The zero-order valence-corrected chi connectivity index (χ0v) is 8.21. The lowest BCUT2D eigenvalue weighted by molar-refractivity contribution is 0.571. The van der Waals surface area contributed by atoms with Crippen molar-refractivity contribution in [3.05, 3.63) is 34.4 Å². The first kappa shape index (κ1) is 7.86. The second-order valence-corrected chi connectivity index (χ2v) is 3.87. The molecule has 0 unspecified atom stereocenters. The summed E-state index contributed by atoms with van der Waals surface area (Å²) in [7, 11) is 0. The topological polar surface area (TPSA) is 13.1 Å². The highest BCUT2D eigenvalue weighted by atomic mass is 16.3. The fourth-order valence-corrected chi connectivity index (χ4v) is 2.05. The van der Waals surface area contributed by atoms with Gasteiger partial charge in [0.25, 0.3) is 0 Å². The molecule has 1 aliphatic carbocycles. The van der Waals surface area contributed by atoms with E-state index in [0.29, 0.717) is 0 Å². The van der Waals surface area contributed by atoms with Gasteiger partial charge < -0.3 is 4.42 Å². The van der Waals surface area contributed by atoms with Crippen molar-refractivity contribution in [3.63, 3.8) is 0 Å². The van der Waals surface area contributed by atoms with Crippen molar-refractivity contribution >= 4 is 23.1 Å². The highest BCUT2D eigenvalue weighted by Gasteiger charge is 2.04. The molecule has 0 atom stereocenters. The van der Waals surface area contributed by atoms with Crippen molar-refractivity contribution in [2.75, 3.05) is 0 Å². The summed E-state index contributed by atoms with van der Waals surface area (Å²) in [6.45, 7) is 2.12. The number of rotatable bonds is 0. The molecular formula is C13H12O. The molecule has 70 valence electrons. The van der Waals surface area contributed by atoms with Crippen molar-refractivity contribution in [1.29, 1.82) is 0 Å². The molecule has 2 aromatic rings. The molecule has 0 amide bonds. The predicted molar refractivity (Wildman–Crippen MR) is 58.4 cm³/mol. The Morgan fingerprint density at radius 3 is 2.93 bits per heavy atom. The van der Waals surface area contributed by atoms with Gasteiger partial charge in [-0.3, -0.25) is 0 Å². The fourth-order valence-electron chi connectivity index (χ4n) is 2.05. The second-order valence-electron chi connectivity index (χ2n) is 3.87. The van der Waals surface area contributed by atoms with Crippen LogP contribution < -0.4 is 10.6 Å². The molecule has 0 radical (unpaired) electrons. The maximum atomic E-state index is 5.76. The minimum absolute atomic E-state index is 1.01. The second kappa shape index (κ2) is 2.74. The predicted octanol–water partition coefficient (Wildman–Crippen LogP) is 2.10. The van der Waals surface area contributed by atoms with Gasteiger partial charge in [-0.25, -0.2) is 0 Å². The Balaban J connectivity index is 2.57.